The Hall–Kier alpha value is -3.02. The second-order valence-corrected chi connectivity index (χ2v) is 5.13. The van der Waals surface area contributed by atoms with E-state index in [0.717, 1.165) is 0 Å². The fraction of sp³-hybridized carbons (Fsp3) is 0.176. The molecule has 1 N–H and O–H groups in total. The molecule has 116 valence electrons. The maximum Gasteiger partial charge on any atom is 0.261 e. The number of pyridine rings is 1. The van der Waals surface area contributed by atoms with Gasteiger partial charge in [0.25, 0.3) is 5.56 Å². The monoisotopic (exact) mass is 308 g/mol. The van der Waals surface area contributed by atoms with E-state index in [1.54, 1.807) is 30.5 Å². The maximum atomic E-state index is 12.3. The lowest BCUT2D eigenvalue weighted by atomic mass is 10.2. The molecule has 3 rings (SSSR count). The summed E-state index contributed by atoms with van der Waals surface area (Å²) < 4.78 is 1.54. The summed E-state index contributed by atoms with van der Waals surface area (Å²) in [4.78, 5) is 32.4. The van der Waals surface area contributed by atoms with E-state index in [2.05, 4.69) is 15.3 Å². The zero-order valence-electron chi connectivity index (χ0n) is 12.5. The van der Waals surface area contributed by atoms with Crippen LogP contribution in [0.15, 0.2) is 59.8 Å². The van der Waals surface area contributed by atoms with Crippen molar-refractivity contribution < 1.29 is 4.79 Å². The summed E-state index contributed by atoms with van der Waals surface area (Å²) in [6, 6.07) is 12.6. The predicted octanol–water partition coefficient (Wildman–Crippen LogP) is 2.21. The standard InChI is InChI=1S/C17H16N4O2/c22-16(20-15-8-3-4-10-18-15)9-5-11-21-12-19-14-7-2-1-6-13(14)17(21)23/h1-4,6-8,10,12H,5,9,11H2,(H,18,20,22). The van der Waals surface area contributed by atoms with Crippen LogP contribution in [0.5, 0.6) is 0 Å². The third-order valence-electron chi connectivity index (χ3n) is 3.47. The molecule has 0 saturated carbocycles. The summed E-state index contributed by atoms with van der Waals surface area (Å²) in [5.74, 6) is 0.410. The van der Waals surface area contributed by atoms with E-state index in [0.29, 0.717) is 36.1 Å². The van der Waals surface area contributed by atoms with Gasteiger partial charge in [-0.25, -0.2) is 9.97 Å². The molecule has 0 unspecified atom stereocenters. The van der Waals surface area contributed by atoms with E-state index in [9.17, 15) is 9.59 Å². The lowest BCUT2D eigenvalue weighted by Crippen LogP contribution is -2.21. The third kappa shape index (κ3) is 3.60. The topological polar surface area (TPSA) is 76.9 Å². The molecule has 0 atom stereocenters. The van der Waals surface area contributed by atoms with Gasteiger partial charge in [0.15, 0.2) is 0 Å². The van der Waals surface area contributed by atoms with Gasteiger partial charge in [0.1, 0.15) is 5.82 Å². The van der Waals surface area contributed by atoms with Crippen LogP contribution < -0.4 is 10.9 Å². The van der Waals surface area contributed by atoms with Crippen molar-refractivity contribution in [2.45, 2.75) is 19.4 Å². The fourth-order valence-corrected chi connectivity index (χ4v) is 2.32. The van der Waals surface area contributed by atoms with Crippen molar-refractivity contribution in [3.05, 3.63) is 65.3 Å². The first kappa shape index (κ1) is 14.9. The van der Waals surface area contributed by atoms with Crippen LogP contribution in [-0.2, 0) is 11.3 Å². The zero-order valence-corrected chi connectivity index (χ0v) is 12.5. The number of hydrogen-bond donors (Lipinski definition) is 1. The van der Waals surface area contributed by atoms with Crippen molar-refractivity contribution in [1.82, 2.24) is 14.5 Å². The molecule has 0 saturated heterocycles. The highest BCUT2D eigenvalue weighted by Crippen LogP contribution is 2.06. The molecule has 0 fully saturated rings. The zero-order chi connectivity index (χ0) is 16.1. The smallest absolute Gasteiger partial charge is 0.261 e. The van der Waals surface area contributed by atoms with Crippen LogP contribution in [0.25, 0.3) is 10.9 Å². The number of carbonyl (C=O) groups is 1. The minimum atomic E-state index is -0.120. The predicted molar refractivity (Wildman–Crippen MR) is 88.1 cm³/mol. The van der Waals surface area contributed by atoms with E-state index in [1.807, 2.05) is 18.2 Å². The Balaban J connectivity index is 1.60. The average Bonchev–Trinajstić information content (AvgIpc) is 2.58. The van der Waals surface area contributed by atoms with Gasteiger partial charge in [0.05, 0.1) is 17.2 Å². The Morgan fingerprint density at radius 2 is 1.91 bits per heavy atom. The van der Waals surface area contributed by atoms with Gasteiger partial charge in [0.2, 0.25) is 5.91 Å². The molecule has 1 aromatic carbocycles. The number of aromatic nitrogens is 3. The van der Waals surface area contributed by atoms with Crippen molar-refractivity contribution >= 4 is 22.6 Å². The minimum Gasteiger partial charge on any atom is -0.311 e. The quantitative estimate of drug-likeness (QED) is 0.784. The number of aryl methyl sites for hydroxylation is 1. The Kier molecular flexibility index (Phi) is 4.42. The molecule has 0 aliphatic rings. The highest BCUT2D eigenvalue weighted by Gasteiger charge is 2.06. The number of hydrogen-bond acceptors (Lipinski definition) is 4. The SMILES string of the molecule is O=C(CCCn1cnc2ccccc2c1=O)Nc1ccccn1. The highest BCUT2D eigenvalue weighted by atomic mass is 16.1. The lowest BCUT2D eigenvalue weighted by molar-refractivity contribution is -0.116. The van der Waals surface area contributed by atoms with Crippen molar-refractivity contribution in [3.63, 3.8) is 0 Å². The molecule has 2 heterocycles. The van der Waals surface area contributed by atoms with E-state index < -0.39 is 0 Å². The van der Waals surface area contributed by atoms with E-state index >= 15 is 0 Å². The first-order chi connectivity index (χ1) is 11.2. The Bertz CT molecular complexity index is 874. The maximum absolute atomic E-state index is 12.3. The summed E-state index contributed by atoms with van der Waals surface area (Å²) in [6.45, 7) is 0.451. The number of nitrogens with zero attached hydrogens (tertiary/aromatic N) is 3. The lowest BCUT2D eigenvalue weighted by Gasteiger charge is -2.07. The summed E-state index contributed by atoms with van der Waals surface area (Å²) in [6.07, 6.45) is 4.02. The van der Waals surface area contributed by atoms with Crippen LogP contribution in [0.2, 0.25) is 0 Å². The molecular weight excluding hydrogens is 292 g/mol. The number of rotatable bonds is 5. The third-order valence-corrected chi connectivity index (χ3v) is 3.47. The second kappa shape index (κ2) is 6.83. The molecule has 0 aliphatic heterocycles. The van der Waals surface area contributed by atoms with Crippen LogP contribution >= 0.6 is 0 Å². The summed E-state index contributed by atoms with van der Waals surface area (Å²) in [5, 5.41) is 3.31. The summed E-state index contributed by atoms with van der Waals surface area (Å²) >= 11 is 0. The first-order valence-electron chi connectivity index (χ1n) is 7.39. The number of anilines is 1. The average molecular weight is 308 g/mol. The largest absolute Gasteiger partial charge is 0.311 e. The van der Waals surface area contributed by atoms with E-state index in [-0.39, 0.29) is 11.5 Å². The molecule has 3 aromatic rings. The van der Waals surface area contributed by atoms with Gasteiger partial charge in [-0.3, -0.25) is 14.2 Å². The van der Waals surface area contributed by atoms with Crippen molar-refractivity contribution in [3.8, 4) is 0 Å². The Morgan fingerprint density at radius 1 is 1.09 bits per heavy atom. The number of amides is 1. The van der Waals surface area contributed by atoms with Crippen molar-refractivity contribution in [2.75, 3.05) is 5.32 Å². The van der Waals surface area contributed by atoms with Crippen LogP contribution in [-0.4, -0.2) is 20.4 Å². The molecule has 0 radical (unpaired) electrons. The van der Waals surface area contributed by atoms with Crippen LogP contribution in [0.4, 0.5) is 5.82 Å². The fourth-order valence-electron chi connectivity index (χ4n) is 2.32. The minimum absolute atomic E-state index is 0.0827. The number of para-hydroxylation sites is 1. The summed E-state index contributed by atoms with van der Waals surface area (Å²) in [7, 11) is 0. The highest BCUT2D eigenvalue weighted by molar-refractivity contribution is 5.89. The number of nitrogens with one attached hydrogen (secondary N) is 1. The van der Waals surface area contributed by atoms with Gasteiger partial charge in [-0.1, -0.05) is 18.2 Å². The van der Waals surface area contributed by atoms with E-state index in [1.165, 1.54) is 10.9 Å². The molecule has 0 bridgehead atoms. The van der Waals surface area contributed by atoms with Gasteiger partial charge in [-0.2, -0.15) is 0 Å². The van der Waals surface area contributed by atoms with Gasteiger partial charge in [0, 0.05) is 19.2 Å². The second-order valence-electron chi connectivity index (χ2n) is 5.13. The molecule has 6 nitrogen and oxygen atoms in total. The molecular formula is C17H16N4O2. The van der Waals surface area contributed by atoms with E-state index in [4.69, 9.17) is 0 Å². The molecule has 23 heavy (non-hydrogen) atoms. The summed E-state index contributed by atoms with van der Waals surface area (Å²) in [5.41, 5.74) is 0.599. The number of fused-ring (bicyclic) bond motifs is 1. The molecule has 6 heteroatoms. The number of carbonyl (C=O) groups excluding carboxylic acids is 1. The van der Waals surface area contributed by atoms with Gasteiger partial charge >= 0.3 is 0 Å². The van der Waals surface area contributed by atoms with Crippen molar-refractivity contribution in [2.24, 2.45) is 0 Å². The molecule has 1 amide bonds. The molecule has 0 spiro atoms. The van der Waals surface area contributed by atoms with Crippen molar-refractivity contribution in [1.29, 1.82) is 0 Å². The van der Waals surface area contributed by atoms with Gasteiger partial charge in [-0.05, 0) is 30.7 Å². The Morgan fingerprint density at radius 3 is 2.74 bits per heavy atom. The molecule has 0 aliphatic carbocycles. The Labute approximate surface area is 132 Å². The van der Waals surface area contributed by atoms with Crippen LogP contribution in [0.3, 0.4) is 0 Å². The van der Waals surface area contributed by atoms with Gasteiger partial charge in [-0.15, -0.1) is 0 Å². The number of benzene rings is 1. The molecule has 2 aromatic heterocycles. The van der Waals surface area contributed by atoms with Gasteiger partial charge < -0.3 is 5.32 Å². The van der Waals surface area contributed by atoms with Crippen LogP contribution in [0, 0.1) is 0 Å². The normalized spacial score (nSPS) is 10.6. The first-order valence-corrected chi connectivity index (χ1v) is 7.39. The van der Waals surface area contributed by atoms with Crippen LogP contribution in [0.1, 0.15) is 12.8 Å².